The summed E-state index contributed by atoms with van der Waals surface area (Å²) in [5, 5.41) is 0. The molecule has 2 rings (SSSR count). The fourth-order valence-electron chi connectivity index (χ4n) is 1.93. The molecular weight excluding hydrogens is 197 g/mol. The molecule has 3 nitrogen and oxygen atoms in total. The van der Waals surface area contributed by atoms with E-state index in [1.807, 2.05) is 0 Å². The number of ether oxygens (including phenoxy) is 1. The molecule has 0 amide bonds. The highest BCUT2D eigenvalue weighted by atomic mass is 19.1. The van der Waals surface area contributed by atoms with Gasteiger partial charge in [0.25, 0.3) is 0 Å². The molecule has 2 N–H and O–H groups in total. The number of aryl methyl sites for hydroxylation is 1. The van der Waals surface area contributed by atoms with E-state index in [0.717, 1.165) is 24.0 Å². The van der Waals surface area contributed by atoms with Gasteiger partial charge in [-0.2, -0.15) is 0 Å². The number of esters is 1. The SMILES string of the molecule is COC(=O)c1cc2c(cc1F)CCC2N. The number of halogens is 1. The molecule has 1 aromatic carbocycles. The van der Waals surface area contributed by atoms with Crippen LogP contribution in [-0.4, -0.2) is 13.1 Å². The number of benzene rings is 1. The van der Waals surface area contributed by atoms with Crippen LogP contribution in [0.5, 0.6) is 0 Å². The highest BCUT2D eigenvalue weighted by Crippen LogP contribution is 2.31. The van der Waals surface area contributed by atoms with Gasteiger partial charge in [0, 0.05) is 6.04 Å². The molecule has 0 aromatic heterocycles. The largest absolute Gasteiger partial charge is 0.465 e. The van der Waals surface area contributed by atoms with Gasteiger partial charge >= 0.3 is 5.97 Å². The minimum Gasteiger partial charge on any atom is -0.465 e. The van der Waals surface area contributed by atoms with Gasteiger partial charge in [-0.15, -0.1) is 0 Å². The summed E-state index contributed by atoms with van der Waals surface area (Å²) in [6, 6.07) is 2.80. The molecule has 80 valence electrons. The number of carbonyl (C=O) groups is 1. The van der Waals surface area contributed by atoms with E-state index >= 15 is 0 Å². The molecule has 0 bridgehead atoms. The number of hydrogen-bond donors (Lipinski definition) is 1. The molecule has 0 fully saturated rings. The number of methoxy groups -OCH3 is 1. The van der Waals surface area contributed by atoms with Gasteiger partial charge in [-0.25, -0.2) is 9.18 Å². The van der Waals surface area contributed by atoms with Crippen molar-refractivity contribution >= 4 is 5.97 Å². The lowest BCUT2D eigenvalue weighted by Crippen LogP contribution is -2.09. The maximum Gasteiger partial charge on any atom is 0.340 e. The van der Waals surface area contributed by atoms with Crippen LogP contribution in [0.1, 0.15) is 33.9 Å². The van der Waals surface area contributed by atoms with E-state index < -0.39 is 11.8 Å². The zero-order valence-corrected chi connectivity index (χ0v) is 8.42. The van der Waals surface area contributed by atoms with E-state index in [2.05, 4.69) is 4.74 Å². The zero-order chi connectivity index (χ0) is 11.0. The van der Waals surface area contributed by atoms with E-state index in [9.17, 15) is 9.18 Å². The first kappa shape index (κ1) is 10.1. The van der Waals surface area contributed by atoms with Gasteiger partial charge in [-0.05, 0) is 36.1 Å². The number of fused-ring (bicyclic) bond motifs is 1. The molecule has 0 aliphatic heterocycles. The topological polar surface area (TPSA) is 52.3 Å². The van der Waals surface area contributed by atoms with Gasteiger partial charge in [0.15, 0.2) is 0 Å². The normalized spacial score (nSPS) is 18.7. The van der Waals surface area contributed by atoms with Crippen molar-refractivity contribution in [3.63, 3.8) is 0 Å². The summed E-state index contributed by atoms with van der Waals surface area (Å²) >= 11 is 0. The summed E-state index contributed by atoms with van der Waals surface area (Å²) in [7, 11) is 1.23. The molecule has 0 saturated heterocycles. The Morgan fingerprint density at radius 2 is 2.33 bits per heavy atom. The van der Waals surface area contributed by atoms with Gasteiger partial charge < -0.3 is 10.5 Å². The minimum absolute atomic E-state index is 0.0337. The third-order valence-electron chi connectivity index (χ3n) is 2.76. The van der Waals surface area contributed by atoms with Crippen molar-refractivity contribution in [2.24, 2.45) is 5.73 Å². The lowest BCUT2D eigenvalue weighted by atomic mass is 10.0. The quantitative estimate of drug-likeness (QED) is 0.714. The van der Waals surface area contributed by atoms with Gasteiger partial charge in [-0.1, -0.05) is 0 Å². The summed E-state index contributed by atoms with van der Waals surface area (Å²) in [4.78, 5) is 11.2. The van der Waals surface area contributed by atoms with Crippen LogP contribution in [-0.2, 0) is 11.2 Å². The van der Waals surface area contributed by atoms with Gasteiger partial charge in [0.05, 0.1) is 12.7 Å². The molecule has 1 aliphatic carbocycles. The van der Waals surface area contributed by atoms with Crippen LogP contribution in [0.25, 0.3) is 0 Å². The summed E-state index contributed by atoms with van der Waals surface area (Å²) in [6.07, 6.45) is 1.58. The number of carbonyl (C=O) groups excluding carboxylic acids is 1. The van der Waals surface area contributed by atoms with Gasteiger partial charge in [-0.3, -0.25) is 0 Å². The predicted octanol–water partition coefficient (Wildman–Crippen LogP) is 1.56. The van der Waals surface area contributed by atoms with Crippen molar-refractivity contribution in [2.75, 3.05) is 7.11 Å². The Morgan fingerprint density at radius 1 is 1.60 bits per heavy atom. The Kier molecular flexibility index (Phi) is 2.44. The molecule has 1 aliphatic rings. The summed E-state index contributed by atoms with van der Waals surface area (Å²) in [5.74, 6) is -1.19. The van der Waals surface area contributed by atoms with E-state index in [1.165, 1.54) is 19.2 Å². The van der Waals surface area contributed by atoms with E-state index in [0.29, 0.717) is 0 Å². The summed E-state index contributed by atoms with van der Waals surface area (Å²) in [6.45, 7) is 0. The highest BCUT2D eigenvalue weighted by molar-refractivity contribution is 5.90. The summed E-state index contributed by atoms with van der Waals surface area (Å²) in [5.41, 5.74) is 7.55. The molecule has 0 spiro atoms. The average molecular weight is 209 g/mol. The van der Waals surface area contributed by atoms with Crippen LogP contribution in [0.4, 0.5) is 4.39 Å². The first-order valence-electron chi connectivity index (χ1n) is 4.79. The Bertz CT molecular complexity index is 417. The molecule has 0 radical (unpaired) electrons. The number of rotatable bonds is 1. The van der Waals surface area contributed by atoms with Crippen molar-refractivity contribution < 1.29 is 13.9 Å². The minimum atomic E-state index is -0.658. The van der Waals surface area contributed by atoms with E-state index in [-0.39, 0.29) is 11.6 Å². The fourth-order valence-corrected chi connectivity index (χ4v) is 1.93. The van der Waals surface area contributed by atoms with Gasteiger partial charge in [0.2, 0.25) is 0 Å². The average Bonchev–Trinajstić information content (AvgIpc) is 2.58. The maximum atomic E-state index is 13.5. The Balaban J connectivity index is 2.50. The Hall–Kier alpha value is -1.42. The zero-order valence-electron chi connectivity index (χ0n) is 8.42. The molecule has 1 unspecified atom stereocenters. The highest BCUT2D eigenvalue weighted by Gasteiger charge is 2.23. The first-order valence-corrected chi connectivity index (χ1v) is 4.79. The first-order chi connectivity index (χ1) is 7.13. The second kappa shape index (κ2) is 3.62. The third-order valence-corrected chi connectivity index (χ3v) is 2.76. The number of nitrogens with two attached hydrogens (primary N) is 1. The number of hydrogen-bond acceptors (Lipinski definition) is 3. The molecule has 0 saturated carbocycles. The van der Waals surface area contributed by atoms with Crippen LogP contribution in [0.2, 0.25) is 0 Å². The molecule has 1 aromatic rings. The van der Waals surface area contributed by atoms with Crippen molar-refractivity contribution in [1.29, 1.82) is 0 Å². The van der Waals surface area contributed by atoms with Crippen molar-refractivity contribution in [2.45, 2.75) is 18.9 Å². The monoisotopic (exact) mass is 209 g/mol. The predicted molar refractivity (Wildman–Crippen MR) is 53.0 cm³/mol. The van der Waals surface area contributed by atoms with Crippen LogP contribution in [0.3, 0.4) is 0 Å². The van der Waals surface area contributed by atoms with E-state index in [4.69, 9.17) is 5.73 Å². The lowest BCUT2D eigenvalue weighted by molar-refractivity contribution is 0.0595. The standard InChI is InChI=1S/C11H12FNO2/c1-15-11(14)8-5-7-6(4-9(8)12)2-3-10(7)13/h4-5,10H,2-3,13H2,1H3. The molecular formula is C11H12FNO2. The molecule has 15 heavy (non-hydrogen) atoms. The van der Waals surface area contributed by atoms with Crippen LogP contribution in [0.15, 0.2) is 12.1 Å². The molecule has 4 heteroatoms. The van der Waals surface area contributed by atoms with Crippen LogP contribution < -0.4 is 5.73 Å². The fraction of sp³-hybridized carbons (Fsp3) is 0.364. The van der Waals surface area contributed by atoms with Crippen molar-refractivity contribution in [1.82, 2.24) is 0 Å². The maximum absolute atomic E-state index is 13.5. The van der Waals surface area contributed by atoms with Crippen molar-refractivity contribution in [3.05, 3.63) is 34.6 Å². The van der Waals surface area contributed by atoms with Gasteiger partial charge in [0.1, 0.15) is 5.82 Å². The van der Waals surface area contributed by atoms with E-state index in [1.54, 1.807) is 0 Å². The Labute approximate surface area is 87.0 Å². The molecule has 1 atom stereocenters. The lowest BCUT2D eigenvalue weighted by Gasteiger charge is -2.07. The second-order valence-electron chi connectivity index (χ2n) is 3.67. The van der Waals surface area contributed by atoms with Crippen LogP contribution in [0, 0.1) is 5.82 Å². The van der Waals surface area contributed by atoms with Crippen molar-refractivity contribution in [3.8, 4) is 0 Å². The smallest absolute Gasteiger partial charge is 0.340 e. The third kappa shape index (κ3) is 1.61. The summed E-state index contributed by atoms with van der Waals surface area (Å²) < 4.78 is 18.0. The Morgan fingerprint density at radius 3 is 3.00 bits per heavy atom. The second-order valence-corrected chi connectivity index (χ2v) is 3.67. The van der Waals surface area contributed by atoms with Crippen LogP contribution >= 0.6 is 0 Å². The molecule has 0 heterocycles.